The standard InChI is InChI=1S/C19H23N7O/c1-3-16-13(2)17(26(22-16)14-9-5-4-6-10-14)20-19(27)15-11-7-8-12-25-18(15)21-23-24-25/h4-6,9-10,15H,3,7-8,11-12H2,1-2H3,(H,20,27)/t15-/m1/s1. The summed E-state index contributed by atoms with van der Waals surface area (Å²) in [6.45, 7) is 4.82. The molecule has 8 nitrogen and oxygen atoms in total. The second-order valence-corrected chi connectivity index (χ2v) is 6.82. The van der Waals surface area contributed by atoms with E-state index in [4.69, 9.17) is 5.10 Å². The molecule has 0 aliphatic carbocycles. The van der Waals surface area contributed by atoms with Crippen LogP contribution in [0.2, 0.25) is 0 Å². The van der Waals surface area contributed by atoms with Crippen molar-refractivity contribution in [2.75, 3.05) is 5.32 Å². The third-order valence-corrected chi connectivity index (χ3v) is 5.10. The maximum absolute atomic E-state index is 13.2. The van der Waals surface area contributed by atoms with Crippen molar-refractivity contribution in [3.8, 4) is 5.69 Å². The fourth-order valence-electron chi connectivity index (χ4n) is 3.59. The van der Waals surface area contributed by atoms with Crippen LogP contribution in [0.25, 0.3) is 5.69 Å². The predicted molar refractivity (Wildman–Crippen MR) is 101 cm³/mol. The van der Waals surface area contributed by atoms with Crippen LogP contribution < -0.4 is 5.32 Å². The summed E-state index contributed by atoms with van der Waals surface area (Å²) in [7, 11) is 0. The van der Waals surface area contributed by atoms with E-state index in [1.54, 1.807) is 4.68 Å². The third kappa shape index (κ3) is 3.22. The van der Waals surface area contributed by atoms with Crippen molar-refractivity contribution < 1.29 is 4.79 Å². The van der Waals surface area contributed by atoms with Crippen molar-refractivity contribution >= 4 is 11.7 Å². The number of para-hydroxylation sites is 1. The summed E-state index contributed by atoms with van der Waals surface area (Å²) in [6, 6.07) is 9.84. The van der Waals surface area contributed by atoms with Gasteiger partial charge in [-0.3, -0.25) is 4.79 Å². The van der Waals surface area contributed by atoms with Gasteiger partial charge < -0.3 is 5.32 Å². The SMILES string of the molecule is CCc1nn(-c2ccccc2)c(NC(=O)[C@@H]2CCCCn3nnnc32)c1C. The van der Waals surface area contributed by atoms with E-state index in [1.807, 2.05) is 41.9 Å². The minimum absolute atomic E-state index is 0.0872. The molecule has 0 unspecified atom stereocenters. The topological polar surface area (TPSA) is 90.5 Å². The summed E-state index contributed by atoms with van der Waals surface area (Å²) in [5.74, 6) is 0.914. The largest absolute Gasteiger partial charge is 0.310 e. The zero-order valence-corrected chi connectivity index (χ0v) is 15.6. The Balaban J connectivity index is 1.69. The molecule has 0 bridgehead atoms. The van der Waals surface area contributed by atoms with E-state index < -0.39 is 0 Å². The van der Waals surface area contributed by atoms with Gasteiger partial charge in [-0.2, -0.15) is 5.10 Å². The Labute approximate surface area is 157 Å². The normalized spacial score (nSPS) is 16.6. The Bertz CT molecular complexity index is 944. The lowest BCUT2D eigenvalue weighted by Gasteiger charge is -2.15. The molecule has 1 atom stereocenters. The third-order valence-electron chi connectivity index (χ3n) is 5.10. The first-order chi connectivity index (χ1) is 13.2. The lowest BCUT2D eigenvalue weighted by Crippen LogP contribution is -2.25. The van der Waals surface area contributed by atoms with Gasteiger partial charge in [0.15, 0.2) is 5.82 Å². The molecule has 1 aliphatic heterocycles. The smallest absolute Gasteiger partial charge is 0.236 e. The van der Waals surface area contributed by atoms with Gasteiger partial charge in [-0.25, -0.2) is 9.36 Å². The molecule has 1 N–H and O–H groups in total. The molecule has 4 rings (SSSR count). The number of hydrogen-bond acceptors (Lipinski definition) is 5. The van der Waals surface area contributed by atoms with Gasteiger partial charge in [0.2, 0.25) is 5.91 Å². The number of nitrogens with one attached hydrogen (secondary N) is 1. The second-order valence-electron chi connectivity index (χ2n) is 6.82. The Morgan fingerprint density at radius 1 is 1.26 bits per heavy atom. The second kappa shape index (κ2) is 7.30. The first-order valence-electron chi connectivity index (χ1n) is 9.40. The van der Waals surface area contributed by atoms with Crippen molar-refractivity contribution in [2.45, 2.75) is 52.0 Å². The number of tetrazole rings is 1. The predicted octanol–water partition coefficient (Wildman–Crippen LogP) is 2.64. The van der Waals surface area contributed by atoms with Crippen molar-refractivity contribution in [3.63, 3.8) is 0 Å². The average Bonchev–Trinajstić information content (AvgIpc) is 3.21. The summed E-state index contributed by atoms with van der Waals surface area (Å²) in [5, 5.41) is 19.7. The van der Waals surface area contributed by atoms with Crippen LogP contribution in [-0.2, 0) is 17.8 Å². The zero-order valence-electron chi connectivity index (χ0n) is 15.6. The zero-order chi connectivity index (χ0) is 18.8. The number of benzene rings is 1. The van der Waals surface area contributed by atoms with Gasteiger partial charge >= 0.3 is 0 Å². The molecular weight excluding hydrogens is 342 g/mol. The van der Waals surface area contributed by atoms with Crippen molar-refractivity contribution in [1.29, 1.82) is 0 Å². The molecule has 2 aromatic heterocycles. The van der Waals surface area contributed by atoms with Crippen LogP contribution in [0.4, 0.5) is 5.82 Å². The lowest BCUT2D eigenvalue weighted by atomic mass is 10.0. The monoisotopic (exact) mass is 365 g/mol. The summed E-state index contributed by atoms with van der Waals surface area (Å²) in [6.07, 6.45) is 3.48. The first kappa shape index (κ1) is 17.4. The number of hydrogen-bond donors (Lipinski definition) is 1. The maximum atomic E-state index is 13.2. The first-order valence-corrected chi connectivity index (χ1v) is 9.40. The van der Waals surface area contributed by atoms with E-state index in [9.17, 15) is 4.79 Å². The number of fused-ring (bicyclic) bond motifs is 1. The van der Waals surface area contributed by atoms with Gasteiger partial charge in [0.25, 0.3) is 0 Å². The molecule has 140 valence electrons. The van der Waals surface area contributed by atoms with Gasteiger partial charge in [0.05, 0.1) is 17.3 Å². The molecule has 1 amide bonds. The molecule has 0 saturated carbocycles. The highest BCUT2D eigenvalue weighted by Crippen LogP contribution is 2.28. The Hall–Kier alpha value is -3.03. The Morgan fingerprint density at radius 3 is 2.85 bits per heavy atom. The van der Waals surface area contributed by atoms with Gasteiger partial charge in [-0.1, -0.05) is 31.5 Å². The Kier molecular flexibility index (Phi) is 4.70. The molecule has 0 radical (unpaired) electrons. The van der Waals surface area contributed by atoms with Crippen molar-refractivity contribution in [1.82, 2.24) is 30.0 Å². The number of aromatic nitrogens is 6. The van der Waals surface area contributed by atoms with Gasteiger partial charge in [-0.05, 0) is 48.7 Å². The highest BCUT2D eigenvalue weighted by Gasteiger charge is 2.30. The fourth-order valence-corrected chi connectivity index (χ4v) is 3.59. The van der Waals surface area contributed by atoms with Gasteiger partial charge in [-0.15, -0.1) is 5.10 Å². The molecule has 1 aliphatic rings. The molecule has 0 spiro atoms. The van der Waals surface area contributed by atoms with E-state index in [0.717, 1.165) is 49.2 Å². The van der Waals surface area contributed by atoms with Crippen LogP contribution in [0.15, 0.2) is 30.3 Å². The number of carbonyl (C=O) groups is 1. The highest BCUT2D eigenvalue weighted by molar-refractivity contribution is 5.95. The molecule has 0 fully saturated rings. The molecule has 3 aromatic rings. The summed E-state index contributed by atoms with van der Waals surface area (Å²) >= 11 is 0. The minimum atomic E-state index is -0.355. The van der Waals surface area contributed by atoms with Crippen LogP contribution in [0.3, 0.4) is 0 Å². The minimum Gasteiger partial charge on any atom is -0.310 e. The molecular formula is C19H23N7O. The van der Waals surface area contributed by atoms with E-state index in [1.165, 1.54) is 0 Å². The van der Waals surface area contributed by atoms with Crippen LogP contribution in [0.5, 0.6) is 0 Å². The van der Waals surface area contributed by atoms with Crippen molar-refractivity contribution in [3.05, 3.63) is 47.4 Å². The highest BCUT2D eigenvalue weighted by atomic mass is 16.2. The van der Waals surface area contributed by atoms with E-state index in [-0.39, 0.29) is 11.8 Å². The number of carbonyl (C=O) groups excluding carboxylic acids is 1. The maximum Gasteiger partial charge on any atom is 0.236 e. The van der Waals surface area contributed by atoms with Crippen LogP contribution in [0, 0.1) is 6.92 Å². The lowest BCUT2D eigenvalue weighted by molar-refractivity contribution is -0.118. The number of aryl methyl sites for hydroxylation is 2. The van der Waals surface area contributed by atoms with E-state index >= 15 is 0 Å². The summed E-state index contributed by atoms with van der Waals surface area (Å²) in [4.78, 5) is 13.2. The quantitative estimate of drug-likeness (QED) is 0.767. The molecule has 8 heteroatoms. The molecule has 0 saturated heterocycles. The summed E-state index contributed by atoms with van der Waals surface area (Å²) in [5.41, 5.74) is 2.88. The van der Waals surface area contributed by atoms with E-state index in [0.29, 0.717) is 11.6 Å². The van der Waals surface area contributed by atoms with Crippen LogP contribution in [0.1, 0.15) is 49.2 Å². The Morgan fingerprint density at radius 2 is 2.07 bits per heavy atom. The van der Waals surface area contributed by atoms with E-state index in [2.05, 4.69) is 27.8 Å². The molecule has 3 heterocycles. The van der Waals surface area contributed by atoms with Gasteiger partial charge in [0, 0.05) is 12.1 Å². The van der Waals surface area contributed by atoms with Crippen LogP contribution >= 0.6 is 0 Å². The fraction of sp³-hybridized carbons (Fsp3) is 0.421. The average molecular weight is 365 g/mol. The summed E-state index contributed by atoms with van der Waals surface area (Å²) < 4.78 is 3.56. The number of anilines is 1. The number of nitrogens with zero attached hydrogens (tertiary/aromatic N) is 6. The number of rotatable bonds is 4. The number of amides is 1. The molecule has 27 heavy (non-hydrogen) atoms. The van der Waals surface area contributed by atoms with Crippen molar-refractivity contribution in [2.24, 2.45) is 0 Å². The van der Waals surface area contributed by atoms with Gasteiger partial charge in [0.1, 0.15) is 5.82 Å². The molecule has 1 aromatic carbocycles. The van der Waals surface area contributed by atoms with Crippen LogP contribution in [-0.4, -0.2) is 35.9 Å².